The van der Waals surface area contributed by atoms with Crippen molar-refractivity contribution in [3.63, 3.8) is 0 Å². The SMILES string of the molecule is CCc1ccc(NC(=O)C(C)(C)S(C)(=O)=O)cc1N. The summed E-state index contributed by atoms with van der Waals surface area (Å²) in [4.78, 5) is 12.0. The van der Waals surface area contributed by atoms with Crippen molar-refractivity contribution >= 4 is 27.1 Å². The predicted octanol–water partition coefficient (Wildman–Crippen LogP) is 1.59. The Balaban J connectivity index is 2.98. The summed E-state index contributed by atoms with van der Waals surface area (Å²) in [6.45, 7) is 4.74. The number of amides is 1. The van der Waals surface area contributed by atoms with Crippen LogP contribution in [0.4, 0.5) is 11.4 Å². The maximum absolute atomic E-state index is 12.0. The van der Waals surface area contributed by atoms with E-state index in [1.165, 1.54) is 13.8 Å². The number of rotatable bonds is 4. The summed E-state index contributed by atoms with van der Waals surface area (Å²) < 4.78 is 21.7. The van der Waals surface area contributed by atoms with E-state index in [1.54, 1.807) is 12.1 Å². The van der Waals surface area contributed by atoms with Gasteiger partial charge < -0.3 is 11.1 Å². The van der Waals surface area contributed by atoms with Crippen molar-refractivity contribution < 1.29 is 13.2 Å². The summed E-state index contributed by atoms with van der Waals surface area (Å²) in [5.41, 5.74) is 7.90. The maximum atomic E-state index is 12.0. The average Bonchev–Trinajstić information content (AvgIpc) is 2.27. The first-order valence-corrected chi connectivity index (χ1v) is 7.88. The zero-order valence-electron chi connectivity index (χ0n) is 11.6. The zero-order valence-corrected chi connectivity index (χ0v) is 12.5. The highest BCUT2D eigenvalue weighted by molar-refractivity contribution is 7.92. The van der Waals surface area contributed by atoms with E-state index in [4.69, 9.17) is 5.73 Å². The van der Waals surface area contributed by atoms with Crippen molar-refractivity contribution in [1.29, 1.82) is 0 Å². The minimum Gasteiger partial charge on any atom is -0.398 e. The number of nitrogens with one attached hydrogen (secondary N) is 1. The Morgan fingerprint density at radius 3 is 2.37 bits per heavy atom. The molecule has 3 N–H and O–H groups in total. The van der Waals surface area contributed by atoms with Crippen LogP contribution in [0, 0.1) is 0 Å². The van der Waals surface area contributed by atoms with E-state index in [-0.39, 0.29) is 0 Å². The summed E-state index contributed by atoms with van der Waals surface area (Å²) in [6, 6.07) is 5.17. The normalized spacial score (nSPS) is 12.2. The van der Waals surface area contributed by atoms with Crippen LogP contribution in [0.5, 0.6) is 0 Å². The van der Waals surface area contributed by atoms with Crippen LogP contribution in [0.1, 0.15) is 26.3 Å². The number of nitrogens with two attached hydrogens (primary N) is 1. The standard InChI is InChI=1S/C13H20N2O3S/c1-5-9-6-7-10(8-11(9)14)15-12(16)13(2,3)19(4,17)18/h6-8H,5,14H2,1-4H3,(H,15,16). The molecular formula is C13H20N2O3S. The van der Waals surface area contributed by atoms with E-state index < -0.39 is 20.5 Å². The molecule has 0 bridgehead atoms. The molecule has 0 aliphatic rings. The molecule has 0 heterocycles. The summed E-state index contributed by atoms with van der Waals surface area (Å²) in [5.74, 6) is -0.571. The van der Waals surface area contributed by atoms with Crippen LogP contribution < -0.4 is 11.1 Å². The lowest BCUT2D eigenvalue weighted by Gasteiger charge is -2.21. The molecule has 5 nitrogen and oxygen atoms in total. The molecule has 0 unspecified atom stereocenters. The number of nitrogen functional groups attached to an aromatic ring is 1. The Kier molecular flexibility index (Phi) is 4.25. The fourth-order valence-corrected chi connectivity index (χ4v) is 1.83. The number of benzene rings is 1. The van der Waals surface area contributed by atoms with E-state index >= 15 is 0 Å². The molecule has 106 valence electrons. The number of anilines is 2. The van der Waals surface area contributed by atoms with Crippen LogP contribution in [-0.4, -0.2) is 25.3 Å². The third-order valence-electron chi connectivity index (χ3n) is 3.26. The monoisotopic (exact) mass is 284 g/mol. The quantitative estimate of drug-likeness (QED) is 0.822. The predicted molar refractivity (Wildman–Crippen MR) is 77.8 cm³/mol. The number of aryl methyl sites for hydroxylation is 1. The van der Waals surface area contributed by atoms with Crippen LogP contribution >= 0.6 is 0 Å². The van der Waals surface area contributed by atoms with Crippen molar-refractivity contribution in [1.82, 2.24) is 0 Å². The van der Waals surface area contributed by atoms with E-state index in [0.29, 0.717) is 11.4 Å². The number of hydrogen-bond donors (Lipinski definition) is 2. The van der Waals surface area contributed by atoms with Gasteiger partial charge in [-0.2, -0.15) is 0 Å². The molecular weight excluding hydrogens is 264 g/mol. The minimum atomic E-state index is -3.49. The Hall–Kier alpha value is -1.56. The first kappa shape index (κ1) is 15.5. The van der Waals surface area contributed by atoms with Gasteiger partial charge in [-0.3, -0.25) is 4.79 Å². The van der Waals surface area contributed by atoms with Crippen LogP contribution in [0.15, 0.2) is 18.2 Å². The average molecular weight is 284 g/mol. The smallest absolute Gasteiger partial charge is 0.245 e. The van der Waals surface area contributed by atoms with E-state index in [1.807, 2.05) is 13.0 Å². The first-order valence-electron chi connectivity index (χ1n) is 5.99. The summed E-state index contributed by atoms with van der Waals surface area (Å²) >= 11 is 0. The fraction of sp³-hybridized carbons (Fsp3) is 0.462. The molecule has 0 aliphatic heterocycles. The second-order valence-electron chi connectivity index (χ2n) is 5.00. The molecule has 0 aromatic heterocycles. The molecule has 0 saturated carbocycles. The van der Waals surface area contributed by atoms with Gasteiger partial charge in [0.05, 0.1) is 0 Å². The molecule has 0 spiro atoms. The first-order chi connectivity index (χ1) is 8.59. The number of sulfone groups is 1. The highest BCUT2D eigenvalue weighted by Gasteiger charge is 2.38. The van der Waals surface area contributed by atoms with E-state index in [9.17, 15) is 13.2 Å². The lowest BCUT2D eigenvalue weighted by atomic mass is 10.1. The van der Waals surface area contributed by atoms with Gasteiger partial charge in [-0.25, -0.2) is 8.42 Å². The van der Waals surface area contributed by atoms with Gasteiger partial charge in [0.2, 0.25) is 5.91 Å². The fourth-order valence-electron chi connectivity index (χ4n) is 1.44. The zero-order chi connectivity index (χ0) is 14.8. The van der Waals surface area contributed by atoms with Crippen molar-refractivity contribution in [2.24, 2.45) is 0 Å². The molecule has 0 radical (unpaired) electrons. The van der Waals surface area contributed by atoms with E-state index in [2.05, 4.69) is 5.32 Å². The molecule has 0 fully saturated rings. The Morgan fingerprint density at radius 1 is 1.37 bits per heavy atom. The Labute approximate surface area is 114 Å². The van der Waals surface area contributed by atoms with Gasteiger partial charge in [0.1, 0.15) is 4.75 Å². The summed E-state index contributed by atoms with van der Waals surface area (Å²) in [6.07, 6.45) is 1.84. The number of hydrogen-bond acceptors (Lipinski definition) is 4. The molecule has 1 aromatic carbocycles. The third kappa shape index (κ3) is 3.26. The van der Waals surface area contributed by atoms with Crippen molar-refractivity contribution in [2.75, 3.05) is 17.3 Å². The number of carbonyl (C=O) groups is 1. The summed E-state index contributed by atoms with van der Waals surface area (Å²) in [7, 11) is -3.49. The molecule has 1 aromatic rings. The van der Waals surface area contributed by atoms with Crippen LogP contribution in [-0.2, 0) is 21.1 Å². The van der Waals surface area contributed by atoms with Crippen LogP contribution in [0.25, 0.3) is 0 Å². The van der Waals surface area contributed by atoms with Crippen molar-refractivity contribution in [3.05, 3.63) is 23.8 Å². The topological polar surface area (TPSA) is 89.3 Å². The second-order valence-corrected chi connectivity index (χ2v) is 7.57. The third-order valence-corrected chi connectivity index (χ3v) is 5.30. The Bertz CT molecular complexity index is 592. The highest BCUT2D eigenvalue weighted by Crippen LogP contribution is 2.22. The van der Waals surface area contributed by atoms with Crippen molar-refractivity contribution in [3.8, 4) is 0 Å². The minimum absolute atomic E-state index is 0.497. The van der Waals surface area contributed by atoms with Gasteiger partial charge in [-0.1, -0.05) is 13.0 Å². The van der Waals surface area contributed by atoms with Crippen LogP contribution in [0.2, 0.25) is 0 Å². The van der Waals surface area contributed by atoms with Gasteiger partial charge in [0.25, 0.3) is 0 Å². The second kappa shape index (κ2) is 5.21. The molecule has 19 heavy (non-hydrogen) atoms. The Morgan fingerprint density at radius 2 is 1.95 bits per heavy atom. The molecule has 1 amide bonds. The molecule has 6 heteroatoms. The van der Waals surface area contributed by atoms with Gasteiger partial charge in [-0.05, 0) is 38.0 Å². The highest BCUT2D eigenvalue weighted by atomic mass is 32.2. The lowest BCUT2D eigenvalue weighted by molar-refractivity contribution is -0.117. The number of carbonyl (C=O) groups excluding carboxylic acids is 1. The van der Waals surface area contributed by atoms with Gasteiger partial charge in [-0.15, -0.1) is 0 Å². The van der Waals surface area contributed by atoms with Gasteiger partial charge in [0, 0.05) is 17.6 Å². The maximum Gasteiger partial charge on any atom is 0.245 e. The summed E-state index contributed by atoms with van der Waals surface area (Å²) in [5, 5.41) is 2.58. The van der Waals surface area contributed by atoms with E-state index in [0.717, 1.165) is 18.2 Å². The van der Waals surface area contributed by atoms with Crippen LogP contribution in [0.3, 0.4) is 0 Å². The molecule has 0 aliphatic carbocycles. The largest absolute Gasteiger partial charge is 0.398 e. The molecule has 0 atom stereocenters. The molecule has 1 rings (SSSR count). The van der Waals surface area contributed by atoms with Crippen molar-refractivity contribution in [2.45, 2.75) is 31.9 Å². The van der Waals surface area contributed by atoms with Gasteiger partial charge in [0.15, 0.2) is 9.84 Å². The molecule has 0 saturated heterocycles. The van der Waals surface area contributed by atoms with Gasteiger partial charge >= 0.3 is 0 Å². The lowest BCUT2D eigenvalue weighted by Crippen LogP contribution is -2.43.